The lowest BCUT2D eigenvalue weighted by atomic mass is 10.1. The highest BCUT2D eigenvalue weighted by Gasteiger charge is 2.25. The van der Waals surface area contributed by atoms with Crippen LogP contribution in [0.4, 0.5) is 0 Å². The minimum Gasteiger partial charge on any atom is -0.310 e. The van der Waals surface area contributed by atoms with Crippen molar-refractivity contribution in [2.24, 2.45) is 0 Å². The first kappa shape index (κ1) is 18.1. The predicted octanol–water partition coefficient (Wildman–Crippen LogP) is 3.17. The van der Waals surface area contributed by atoms with Crippen molar-refractivity contribution in [3.63, 3.8) is 0 Å². The normalized spacial score (nSPS) is 13.9. The Balaban J connectivity index is 2.99. The third-order valence-electron chi connectivity index (χ3n) is 4.02. The quantitative estimate of drug-likeness (QED) is 0.802. The molecule has 0 spiro atoms. The molecule has 1 aromatic carbocycles. The molecule has 0 aromatic heterocycles. The number of nitrogens with one attached hydrogen (secondary N) is 1. The molecule has 1 N–H and O–H groups in total. The molecule has 0 aliphatic carbocycles. The van der Waals surface area contributed by atoms with Gasteiger partial charge in [0, 0.05) is 19.1 Å². The summed E-state index contributed by atoms with van der Waals surface area (Å²) >= 11 is 0. The van der Waals surface area contributed by atoms with Crippen molar-refractivity contribution < 1.29 is 8.42 Å². The van der Waals surface area contributed by atoms with E-state index in [0.29, 0.717) is 4.90 Å². The molecule has 0 fully saturated rings. The van der Waals surface area contributed by atoms with Crippen molar-refractivity contribution in [2.75, 3.05) is 13.6 Å². The number of benzene rings is 1. The first-order valence-electron chi connectivity index (χ1n) is 7.69. The Morgan fingerprint density at radius 1 is 1.10 bits per heavy atom. The van der Waals surface area contributed by atoms with Gasteiger partial charge in [0.1, 0.15) is 0 Å². The fourth-order valence-electron chi connectivity index (χ4n) is 2.52. The first-order valence-corrected chi connectivity index (χ1v) is 9.13. The van der Waals surface area contributed by atoms with E-state index in [1.807, 2.05) is 26.0 Å². The molecule has 0 bridgehead atoms. The third kappa shape index (κ3) is 4.28. The highest BCUT2D eigenvalue weighted by Crippen LogP contribution is 2.21. The second-order valence-electron chi connectivity index (χ2n) is 5.34. The summed E-state index contributed by atoms with van der Waals surface area (Å²) in [4.78, 5) is 0.365. The smallest absolute Gasteiger partial charge is 0.243 e. The number of hydrogen-bond acceptors (Lipinski definition) is 3. The van der Waals surface area contributed by atoms with Crippen LogP contribution in [0, 0.1) is 0 Å². The van der Waals surface area contributed by atoms with Gasteiger partial charge in [-0.05, 0) is 44.0 Å². The Hall–Kier alpha value is -0.910. The van der Waals surface area contributed by atoms with Crippen LogP contribution in [-0.4, -0.2) is 32.4 Å². The molecule has 0 aliphatic heterocycles. The molecule has 0 saturated heterocycles. The average Bonchev–Trinajstić information content (AvgIpc) is 2.48. The van der Waals surface area contributed by atoms with Crippen LogP contribution in [0.5, 0.6) is 0 Å². The van der Waals surface area contributed by atoms with E-state index < -0.39 is 10.0 Å². The summed E-state index contributed by atoms with van der Waals surface area (Å²) in [6.07, 6.45) is 1.64. The van der Waals surface area contributed by atoms with E-state index in [9.17, 15) is 8.42 Å². The molecule has 0 radical (unpaired) electrons. The zero-order valence-electron chi connectivity index (χ0n) is 13.8. The van der Waals surface area contributed by atoms with Crippen LogP contribution in [0.3, 0.4) is 0 Å². The Kier molecular flexibility index (Phi) is 6.84. The largest absolute Gasteiger partial charge is 0.310 e. The summed E-state index contributed by atoms with van der Waals surface area (Å²) in [5, 5.41) is 3.32. The van der Waals surface area contributed by atoms with E-state index in [1.54, 1.807) is 19.2 Å². The zero-order valence-corrected chi connectivity index (χ0v) is 14.6. The van der Waals surface area contributed by atoms with E-state index in [1.165, 1.54) is 4.31 Å². The molecule has 1 atom stereocenters. The maximum atomic E-state index is 12.6. The summed E-state index contributed by atoms with van der Waals surface area (Å²) in [7, 11) is -1.74. The van der Waals surface area contributed by atoms with Gasteiger partial charge in [0.15, 0.2) is 0 Å². The zero-order chi connectivity index (χ0) is 16.0. The van der Waals surface area contributed by atoms with E-state index in [2.05, 4.69) is 19.2 Å². The minimum absolute atomic E-state index is 0.0513. The van der Waals surface area contributed by atoms with Crippen LogP contribution in [0.2, 0.25) is 0 Å². The first-order chi connectivity index (χ1) is 9.88. The van der Waals surface area contributed by atoms with Gasteiger partial charge in [-0.25, -0.2) is 8.42 Å². The molecule has 1 unspecified atom stereocenters. The van der Waals surface area contributed by atoms with Gasteiger partial charge >= 0.3 is 0 Å². The highest BCUT2D eigenvalue weighted by molar-refractivity contribution is 7.89. The fraction of sp³-hybridized carbons (Fsp3) is 0.625. The van der Waals surface area contributed by atoms with Crippen LogP contribution in [0.15, 0.2) is 29.2 Å². The maximum Gasteiger partial charge on any atom is 0.243 e. The molecule has 5 heteroatoms. The van der Waals surface area contributed by atoms with Crippen molar-refractivity contribution in [3.8, 4) is 0 Å². The lowest BCUT2D eigenvalue weighted by Crippen LogP contribution is -2.36. The number of nitrogens with zero attached hydrogens (tertiary/aromatic N) is 1. The van der Waals surface area contributed by atoms with Crippen molar-refractivity contribution in [3.05, 3.63) is 29.8 Å². The topological polar surface area (TPSA) is 49.4 Å². The van der Waals surface area contributed by atoms with Crippen molar-refractivity contribution >= 4 is 10.0 Å². The molecule has 1 aromatic rings. The van der Waals surface area contributed by atoms with Crippen LogP contribution >= 0.6 is 0 Å². The molecule has 120 valence electrons. The summed E-state index contributed by atoms with van der Waals surface area (Å²) in [6, 6.07) is 7.47. The average molecular weight is 312 g/mol. The van der Waals surface area contributed by atoms with E-state index in [-0.39, 0.29) is 12.1 Å². The fourth-order valence-corrected chi connectivity index (χ4v) is 4.02. The highest BCUT2D eigenvalue weighted by atomic mass is 32.2. The van der Waals surface area contributed by atoms with Crippen molar-refractivity contribution in [1.82, 2.24) is 9.62 Å². The molecule has 0 saturated carbocycles. The molecule has 21 heavy (non-hydrogen) atoms. The summed E-state index contributed by atoms with van der Waals surface area (Å²) in [5.41, 5.74) is 1.10. The van der Waals surface area contributed by atoms with Gasteiger partial charge in [0.05, 0.1) is 4.90 Å². The lowest BCUT2D eigenvalue weighted by Gasteiger charge is -2.25. The Morgan fingerprint density at radius 3 is 2.05 bits per heavy atom. The minimum atomic E-state index is -3.40. The van der Waals surface area contributed by atoms with Gasteiger partial charge in [-0.2, -0.15) is 4.31 Å². The third-order valence-corrected chi connectivity index (χ3v) is 5.95. The van der Waals surface area contributed by atoms with E-state index in [4.69, 9.17) is 0 Å². The number of hydrogen-bond donors (Lipinski definition) is 1. The van der Waals surface area contributed by atoms with Gasteiger partial charge in [-0.15, -0.1) is 0 Å². The lowest BCUT2D eigenvalue weighted by molar-refractivity contribution is 0.349. The maximum absolute atomic E-state index is 12.6. The van der Waals surface area contributed by atoms with Crippen molar-refractivity contribution in [2.45, 2.75) is 57.5 Å². The van der Waals surface area contributed by atoms with Gasteiger partial charge in [0.2, 0.25) is 10.0 Å². The van der Waals surface area contributed by atoms with Gasteiger partial charge in [-0.1, -0.05) is 32.9 Å². The predicted molar refractivity (Wildman–Crippen MR) is 87.9 cm³/mol. The van der Waals surface area contributed by atoms with Crippen LogP contribution < -0.4 is 5.32 Å². The molecule has 0 aliphatic rings. The molecule has 0 amide bonds. The van der Waals surface area contributed by atoms with E-state index in [0.717, 1.165) is 24.9 Å². The summed E-state index contributed by atoms with van der Waals surface area (Å²) in [6.45, 7) is 9.05. The Morgan fingerprint density at radius 2 is 1.62 bits per heavy atom. The summed E-state index contributed by atoms with van der Waals surface area (Å²) < 4.78 is 26.7. The van der Waals surface area contributed by atoms with Crippen LogP contribution in [0.1, 0.15) is 52.1 Å². The Labute approximate surface area is 129 Å². The Bertz CT molecular complexity index is 522. The second-order valence-corrected chi connectivity index (χ2v) is 7.34. The van der Waals surface area contributed by atoms with Crippen molar-refractivity contribution in [1.29, 1.82) is 0 Å². The van der Waals surface area contributed by atoms with Gasteiger partial charge in [-0.3, -0.25) is 0 Å². The van der Waals surface area contributed by atoms with Gasteiger partial charge in [0.25, 0.3) is 0 Å². The molecular weight excluding hydrogens is 284 g/mol. The number of rotatable bonds is 8. The molecule has 0 heterocycles. The van der Waals surface area contributed by atoms with Crippen LogP contribution in [0.25, 0.3) is 0 Å². The summed E-state index contributed by atoms with van der Waals surface area (Å²) in [5.74, 6) is 0. The second kappa shape index (κ2) is 7.92. The number of sulfonamides is 1. The molecule has 1 rings (SSSR count). The SMILES string of the molecule is CCNC(C)c1ccc(S(=O)(=O)N(C)C(CC)CC)cc1. The standard InChI is InChI=1S/C16H28N2O2S/c1-6-15(7-2)18(5)21(19,20)16-11-9-14(10-12-16)13(4)17-8-3/h9-13,15,17H,6-8H2,1-5H3. The monoisotopic (exact) mass is 312 g/mol. The molecular formula is C16H28N2O2S. The van der Waals surface area contributed by atoms with E-state index >= 15 is 0 Å². The molecule has 4 nitrogen and oxygen atoms in total. The van der Waals surface area contributed by atoms with Crippen LogP contribution in [-0.2, 0) is 10.0 Å². The van der Waals surface area contributed by atoms with Gasteiger partial charge < -0.3 is 5.32 Å².